The van der Waals surface area contributed by atoms with E-state index in [1.807, 2.05) is 24.3 Å². The third-order valence-corrected chi connectivity index (χ3v) is 4.08. The zero-order chi connectivity index (χ0) is 15.2. The monoisotopic (exact) mass is 288 g/mol. The van der Waals surface area contributed by atoms with Gasteiger partial charge in [0.25, 0.3) is 0 Å². The second-order valence-corrected chi connectivity index (χ2v) is 6.72. The Labute approximate surface area is 124 Å². The van der Waals surface area contributed by atoms with Gasteiger partial charge in [0, 0.05) is 12.1 Å². The van der Waals surface area contributed by atoms with Crippen LogP contribution >= 0.6 is 0 Å². The van der Waals surface area contributed by atoms with Gasteiger partial charge in [0.2, 0.25) is 0 Å². The molecule has 0 unspecified atom stereocenters. The lowest BCUT2D eigenvalue weighted by atomic mass is 9.87. The van der Waals surface area contributed by atoms with E-state index >= 15 is 0 Å². The number of nitrogens with zero attached hydrogens (tertiary/aromatic N) is 1. The molecule has 2 aliphatic heterocycles. The first-order chi connectivity index (χ1) is 9.84. The number of carbonyl (C=O) groups excluding carboxylic acids is 2. The number of carbonyl (C=O) groups is 2. The first-order valence-electron chi connectivity index (χ1n) is 7.23. The third kappa shape index (κ3) is 2.60. The van der Waals surface area contributed by atoms with E-state index in [9.17, 15) is 9.59 Å². The molecule has 5 nitrogen and oxygen atoms in total. The van der Waals surface area contributed by atoms with E-state index in [1.54, 1.807) is 4.90 Å². The van der Waals surface area contributed by atoms with E-state index in [4.69, 9.17) is 4.74 Å². The van der Waals surface area contributed by atoms with Crippen LogP contribution in [-0.4, -0.2) is 35.6 Å². The smallest absolute Gasteiger partial charge is 0.329 e. The predicted molar refractivity (Wildman–Crippen MR) is 79.2 cm³/mol. The number of likely N-dealkylation sites (tertiary alicyclic amines) is 1. The van der Waals surface area contributed by atoms with Gasteiger partial charge in [0.05, 0.1) is 6.54 Å². The SMILES string of the molecule is CC(C)(C)c1ccc(NC(=O)N2C[C@H]3C[C@@H]2C(=O)O3)cc1. The first-order valence-corrected chi connectivity index (χ1v) is 7.23. The molecule has 1 aromatic carbocycles. The highest BCUT2D eigenvalue weighted by Gasteiger charge is 2.48. The summed E-state index contributed by atoms with van der Waals surface area (Å²) in [6, 6.07) is 7.17. The highest BCUT2D eigenvalue weighted by molar-refractivity contribution is 5.94. The number of fused-ring (bicyclic) bond motifs is 2. The number of rotatable bonds is 1. The van der Waals surface area contributed by atoms with Gasteiger partial charge in [-0.15, -0.1) is 0 Å². The lowest BCUT2D eigenvalue weighted by Crippen LogP contribution is -2.46. The van der Waals surface area contributed by atoms with E-state index < -0.39 is 6.04 Å². The fourth-order valence-electron chi connectivity index (χ4n) is 2.82. The summed E-state index contributed by atoms with van der Waals surface area (Å²) in [5.74, 6) is -0.288. The van der Waals surface area contributed by atoms with Gasteiger partial charge in [0.1, 0.15) is 12.1 Å². The van der Waals surface area contributed by atoms with Gasteiger partial charge in [-0.05, 0) is 23.1 Å². The maximum atomic E-state index is 12.2. The number of amides is 2. The van der Waals surface area contributed by atoms with Gasteiger partial charge in [0.15, 0.2) is 0 Å². The van der Waals surface area contributed by atoms with Crippen molar-refractivity contribution in [3.05, 3.63) is 29.8 Å². The molecular weight excluding hydrogens is 268 g/mol. The standard InChI is InChI=1S/C16H20N2O3/c1-16(2,3)10-4-6-11(7-5-10)17-15(20)18-9-12-8-13(18)14(19)21-12/h4-7,12-13H,8-9H2,1-3H3,(H,17,20)/t12-,13-/m1/s1. The molecule has 3 rings (SSSR count). The van der Waals surface area contributed by atoms with Crippen LogP contribution in [0.5, 0.6) is 0 Å². The molecule has 2 amide bonds. The van der Waals surface area contributed by atoms with E-state index in [2.05, 4.69) is 26.1 Å². The van der Waals surface area contributed by atoms with Crippen molar-refractivity contribution in [1.82, 2.24) is 4.90 Å². The van der Waals surface area contributed by atoms with Gasteiger partial charge in [-0.2, -0.15) is 0 Å². The number of anilines is 1. The Morgan fingerprint density at radius 3 is 2.48 bits per heavy atom. The lowest BCUT2D eigenvalue weighted by molar-refractivity contribution is -0.149. The summed E-state index contributed by atoms with van der Waals surface area (Å²) in [5.41, 5.74) is 2.04. The molecule has 2 bridgehead atoms. The second kappa shape index (κ2) is 4.76. The first kappa shape index (κ1) is 13.9. The Bertz CT molecular complexity index is 574. The normalized spacial score (nSPS) is 24.1. The van der Waals surface area contributed by atoms with Gasteiger partial charge < -0.3 is 15.0 Å². The zero-order valence-electron chi connectivity index (χ0n) is 12.6. The van der Waals surface area contributed by atoms with Crippen molar-refractivity contribution in [1.29, 1.82) is 0 Å². The summed E-state index contributed by atoms with van der Waals surface area (Å²) in [7, 11) is 0. The Morgan fingerprint density at radius 2 is 1.95 bits per heavy atom. The van der Waals surface area contributed by atoms with Crippen LogP contribution in [0.25, 0.3) is 0 Å². The molecule has 21 heavy (non-hydrogen) atoms. The highest BCUT2D eigenvalue weighted by Crippen LogP contribution is 2.29. The Hall–Kier alpha value is -2.04. The molecule has 1 N–H and O–H groups in total. The van der Waals surface area contributed by atoms with E-state index in [0.717, 1.165) is 5.69 Å². The lowest BCUT2D eigenvalue weighted by Gasteiger charge is -2.26. The maximum Gasteiger partial charge on any atom is 0.329 e. The summed E-state index contributed by atoms with van der Waals surface area (Å²) >= 11 is 0. The number of morpholine rings is 1. The summed E-state index contributed by atoms with van der Waals surface area (Å²) in [4.78, 5) is 25.3. The molecule has 0 aliphatic carbocycles. The predicted octanol–water partition coefficient (Wildman–Crippen LogP) is 2.52. The number of hydrogen-bond acceptors (Lipinski definition) is 3. The maximum absolute atomic E-state index is 12.2. The minimum absolute atomic E-state index is 0.0837. The minimum atomic E-state index is -0.413. The van der Waals surface area contributed by atoms with Crippen LogP contribution in [0, 0.1) is 0 Å². The molecular formula is C16H20N2O3. The Morgan fingerprint density at radius 1 is 1.29 bits per heavy atom. The number of hydrogen-bond donors (Lipinski definition) is 1. The molecule has 2 fully saturated rings. The van der Waals surface area contributed by atoms with Crippen LogP contribution in [0.2, 0.25) is 0 Å². The van der Waals surface area contributed by atoms with Crippen LogP contribution < -0.4 is 5.32 Å². The molecule has 112 valence electrons. The molecule has 0 saturated carbocycles. The van der Waals surface area contributed by atoms with Gasteiger partial charge in [-0.3, -0.25) is 0 Å². The summed E-state index contributed by atoms with van der Waals surface area (Å²) in [5, 5.41) is 2.85. The van der Waals surface area contributed by atoms with Gasteiger partial charge in [-0.25, -0.2) is 9.59 Å². The number of esters is 1. The quantitative estimate of drug-likeness (QED) is 0.808. The largest absolute Gasteiger partial charge is 0.459 e. The van der Waals surface area contributed by atoms with E-state index in [1.165, 1.54) is 5.56 Å². The van der Waals surface area contributed by atoms with Crippen LogP contribution in [0.3, 0.4) is 0 Å². The second-order valence-electron chi connectivity index (χ2n) is 6.72. The summed E-state index contributed by atoms with van der Waals surface area (Å²) in [6.45, 7) is 6.93. The highest BCUT2D eigenvalue weighted by atomic mass is 16.6. The topological polar surface area (TPSA) is 58.6 Å². The fourth-order valence-corrected chi connectivity index (χ4v) is 2.82. The molecule has 2 saturated heterocycles. The summed E-state index contributed by atoms with van der Waals surface area (Å²) < 4.78 is 5.08. The van der Waals surface area contributed by atoms with Crippen LogP contribution in [0.15, 0.2) is 24.3 Å². The van der Waals surface area contributed by atoms with Crippen molar-refractivity contribution in [3.8, 4) is 0 Å². The number of urea groups is 1. The molecule has 5 heteroatoms. The number of ether oxygens (including phenoxy) is 1. The fraction of sp³-hybridized carbons (Fsp3) is 0.500. The zero-order valence-corrected chi connectivity index (χ0v) is 12.6. The molecule has 0 aromatic heterocycles. The van der Waals surface area contributed by atoms with Gasteiger partial charge >= 0.3 is 12.0 Å². The van der Waals surface area contributed by atoms with Gasteiger partial charge in [-0.1, -0.05) is 32.9 Å². The van der Waals surface area contributed by atoms with E-state index in [-0.39, 0.29) is 23.5 Å². The molecule has 1 aromatic rings. The third-order valence-electron chi connectivity index (χ3n) is 4.08. The molecule has 0 radical (unpaired) electrons. The van der Waals surface area contributed by atoms with Crippen molar-refractivity contribution >= 4 is 17.7 Å². The number of nitrogens with one attached hydrogen (secondary N) is 1. The van der Waals surface area contributed by atoms with Crippen molar-refractivity contribution in [2.75, 3.05) is 11.9 Å². The average molecular weight is 288 g/mol. The van der Waals surface area contributed by atoms with Crippen molar-refractivity contribution in [2.45, 2.75) is 44.8 Å². The molecule has 2 aliphatic rings. The van der Waals surface area contributed by atoms with Crippen molar-refractivity contribution in [2.24, 2.45) is 0 Å². The molecule has 2 atom stereocenters. The van der Waals surface area contributed by atoms with Crippen LogP contribution in [-0.2, 0) is 14.9 Å². The Kier molecular flexibility index (Phi) is 3.15. The van der Waals surface area contributed by atoms with Crippen molar-refractivity contribution in [3.63, 3.8) is 0 Å². The average Bonchev–Trinajstić information content (AvgIpc) is 2.97. The minimum Gasteiger partial charge on any atom is -0.459 e. The number of benzene rings is 1. The van der Waals surface area contributed by atoms with Crippen molar-refractivity contribution < 1.29 is 14.3 Å². The Balaban J connectivity index is 1.67. The van der Waals surface area contributed by atoms with Crippen LogP contribution in [0.1, 0.15) is 32.8 Å². The molecule has 2 heterocycles. The summed E-state index contributed by atoms with van der Waals surface area (Å²) in [6.07, 6.45) is 0.492. The van der Waals surface area contributed by atoms with Crippen LogP contribution in [0.4, 0.5) is 10.5 Å². The molecule has 0 spiro atoms. The van der Waals surface area contributed by atoms with E-state index in [0.29, 0.717) is 13.0 Å².